The molecule has 1 unspecified atom stereocenters. The Morgan fingerprint density at radius 2 is 1.88 bits per heavy atom. The standard InChI is InChI=1S/C26H26ClN5O2/c1-31-10-12-32(13-11-31)24-9-6-18(16-28-24)25-20-15-19(27)7-8-21(20)30-26(34)22(29-25)14-17-4-2-3-5-23(17)33/h2-9,15-16,22,33H,10-14H2,1H3,(H,30,34). The summed E-state index contributed by atoms with van der Waals surface area (Å²) in [4.78, 5) is 27.3. The molecular formula is C26H26ClN5O2. The van der Waals surface area contributed by atoms with Crippen molar-refractivity contribution in [2.45, 2.75) is 12.5 Å². The van der Waals surface area contributed by atoms with Crippen LogP contribution in [0.4, 0.5) is 11.5 Å². The number of hydrogen-bond acceptors (Lipinski definition) is 6. The van der Waals surface area contributed by atoms with Gasteiger partial charge in [0.05, 0.1) is 11.4 Å². The predicted octanol–water partition coefficient (Wildman–Crippen LogP) is 3.59. The molecule has 1 atom stereocenters. The quantitative estimate of drug-likeness (QED) is 0.602. The molecule has 2 aliphatic rings. The Bertz CT molecular complexity index is 1240. The molecule has 8 heteroatoms. The van der Waals surface area contributed by atoms with Crippen LogP contribution >= 0.6 is 11.6 Å². The first-order chi connectivity index (χ1) is 16.5. The van der Waals surface area contributed by atoms with E-state index in [9.17, 15) is 9.90 Å². The van der Waals surface area contributed by atoms with Gasteiger partial charge in [-0.05, 0) is 49.0 Å². The number of aliphatic imine (C=N–C) groups is 1. The van der Waals surface area contributed by atoms with E-state index < -0.39 is 6.04 Å². The van der Waals surface area contributed by atoms with E-state index in [1.54, 1.807) is 30.3 Å². The number of phenolic OH excluding ortho intramolecular Hbond substituents is 1. The first-order valence-corrected chi connectivity index (χ1v) is 11.7. The molecule has 0 spiro atoms. The zero-order valence-corrected chi connectivity index (χ0v) is 19.7. The minimum atomic E-state index is -0.716. The number of aromatic nitrogens is 1. The van der Waals surface area contributed by atoms with Crippen LogP contribution in [0.5, 0.6) is 5.75 Å². The third-order valence-corrected chi connectivity index (χ3v) is 6.57. The van der Waals surface area contributed by atoms with E-state index in [1.807, 2.05) is 30.5 Å². The number of carbonyl (C=O) groups is 1. The van der Waals surface area contributed by atoms with Gasteiger partial charge >= 0.3 is 0 Å². The number of aromatic hydroxyl groups is 1. The van der Waals surface area contributed by atoms with Gasteiger partial charge in [0, 0.05) is 54.9 Å². The first kappa shape index (κ1) is 22.4. The average molecular weight is 476 g/mol. The number of phenols is 1. The molecule has 1 fully saturated rings. The van der Waals surface area contributed by atoms with Gasteiger partial charge in [-0.3, -0.25) is 9.79 Å². The van der Waals surface area contributed by atoms with Crippen LogP contribution in [0, 0.1) is 0 Å². The van der Waals surface area contributed by atoms with E-state index in [-0.39, 0.29) is 18.1 Å². The zero-order valence-electron chi connectivity index (χ0n) is 18.9. The molecule has 174 valence electrons. The number of amides is 1. The molecule has 0 saturated carbocycles. The largest absolute Gasteiger partial charge is 0.508 e. The third kappa shape index (κ3) is 4.62. The summed E-state index contributed by atoms with van der Waals surface area (Å²) in [5.41, 5.74) is 3.51. The molecule has 5 rings (SSSR count). The van der Waals surface area contributed by atoms with Crippen LogP contribution in [0.25, 0.3) is 0 Å². The molecule has 1 saturated heterocycles. The monoisotopic (exact) mass is 475 g/mol. The van der Waals surface area contributed by atoms with Gasteiger partial charge in [-0.2, -0.15) is 0 Å². The number of piperazine rings is 1. The number of carbonyl (C=O) groups excluding carboxylic acids is 1. The Morgan fingerprint density at radius 1 is 1.09 bits per heavy atom. The summed E-state index contributed by atoms with van der Waals surface area (Å²) in [5.74, 6) is 0.844. The number of pyridine rings is 1. The highest BCUT2D eigenvalue weighted by Gasteiger charge is 2.27. The second-order valence-corrected chi connectivity index (χ2v) is 9.14. The number of rotatable bonds is 4. The van der Waals surface area contributed by atoms with Gasteiger partial charge in [0.1, 0.15) is 17.6 Å². The van der Waals surface area contributed by atoms with E-state index in [4.69, 9.17) is 21.6 Å². The van der Waals surface area contributed by atoms with Gasteiger partial charge in [-0.1, -0.05) is 29.8 Å². The van der Waals surface area contributed by atoms with Gasteiger partial charge < -0.3 is 20.2 Å². The SMILES string of the molecule is CN1CCN(c2ccc(C3=NC(Cc4ccccc4O)C(=O)Nc4ccc(Cl)cc43)cn2)CC1. The fraction of sp³-hybridized carbons (Fsp3) is 0.269. The minimum absolute atomic E-state index is 0.148. The number of nitrogens with zero attached hydrogens (tertiary/aromatic N) is 4. The molecule has 2 N–H and O–H groups in total. The lowest BCUT2D eigenvalue weighted by molar-refractivity contribution is -0.117. The van der Waals surface area contributed by atoms with E-state index in [2.05, 4.69) is 22.2 Å². The van der Waals surface area contributed by atoms with Crippen molar-refractivity contribution in [2.24, 2.45) is 4.99 Å². The molecule has 0 bridgehead atoms. The first-order valence-electron chi connectivity index (χ1n) is 11.3. The maximum absolute atomic E-state index is 13.1. The van der Waals surface area contributed by atoms with Crippen LogP contribution in [0.15, 0.2) is 65.8 Å². The molecule has 1 aromatic heterocycles. The number of benzene rings is 2. The highest BCUT2D eigenvalue weighted by Crippen LogP contribution is 2.29. The van der Waals surface area contributed by atoms with Crippen LogP contribution in [0.1, 0.15) is 16.7 Å². The summed E-state index contributed by atoms with van der Waals surface area (Å²) in [6.45, 7) is 3.88. The summed E-state index contributed by atoms with van der Waals surface area (Å²) < 4.78 is 0. The number of fused-ring (bicyclic) bond motifs is 1. The molecule has 3 heterocycles. The van der Waals surface area contributed by atoms with E-state index in [0.29, 0.717) is 22.0 Å². The molecule has 3 aromatic rings. The number of hydrogen-bond donors (Lipinski definition) is 2. The van der Waals surface area contributed by atoms with Crippen molar-refractivity contribution in [1.29, 1.82) is 0 Å². The van der Waals surface area contributed by atoms with Crippen molar-refractivity contribution >= 4 is 34.7 Å². The number of anilines is 2. The summed E-state index contributed by atoms with van der Waals surface area (Å²) >= 11 is 6.32. The maximum atomic E-state index is 13.1. The fourth-order valence-electron chi connectivity index (χ4n) is 4.33. The second-order valence-electron chi connectivity index (χ2n) is 8.70. The molecule has 7 nitrogen and oxygen atoms in total. The normalized spacial score (nSPS) is 18.6. The third-order valence-electron chi connectivity index (χ3n) is 6.34. The highest BCUT2D eigenvalue weighted by molar-refractivity contribution is 6.32. The van der Waals surface area contributed by atoms with Crippen molar-refractivity contribution in [2.75, 3.05) is 43.4 Å². The Labute approximate surface area is 203 Å². The van der Waals surface area contributed by atoms with Crippen molar-refractivity contribution < 1.29 is 9.90 Å². The zero-order chi connectivity index (χ0) is 23.7. The van der Waals surface area contributed by atoms with Gasteiger partial charge in [-0.15, -0.1) is 0 Å². The summed E-state index contributed by atoms with van der Waals surface area (Å²) in [6, 6.07) is 15.6. The van der Waals surface area contributed by atoms with Gasteiger partial charge in [-0.25, -0.2) is 4.98 Å². The molecule has 0 radical (unpaired) electrons. The molecular weight excluding hydrogens is 450 g/mol. The summed E-state index contributed by atoms with van der Waals surface area (Å²) in [5, 5.41) is 13.8. The summed E-state index contributed by atoms with van der Waals surface area (Å²) in [6.07, 6.45) is 2.08. The number of benzodiazepines with no additional fused rings is 1. The fourth-order valence-corrected chi connectivity index (χ4v) is 4.50. The van der Waals surface area contributed by atoms with Crippen LogP contribution < -0.4 is 10.2 Å². The van der Waals surface area contributed by atoms with E-state index in [0.717, 1.165) is 43.1 Å². The lowest BCUT2D eigenvalue weighted by Gasteiger charge is -2.33. The van der Waals surface area contributed by atoms with Crippen molar-refractivity contribution in [3.63, 3.8) is 0 Å². The Kier molecular flexibility index (Phi) is 6.22. The smallest absolute Gasteiger partial charge is 0.249 e. The Morgan fingerprint density at radius 3 is 2.62 bits per heavy atom. The predicted molar refractivity (Wildman–Crippen MR) is 135 cm³/mol. The lowest BCUT2D eigenvalue weighted by atomic mass is 10.0. The highest BCUT2D eigenvalue weighted by atomic mass is 35.5. The molecule has 2 aromatic carbocycles. The minimum Gasteiger partial charge on any atom is -0.508 e. The average Bonchev–Trinajstić information content (AvgIpc) is 2.97. The number of para-hydroxylation sites is 1. The van der Waals surface area contributed by atoms with Gasteiger partial charge in [0.2, 0.25) is 5.91 Å². The van der Waals surface area contributed by atoms with Gasteiger partial charge in [0.15, 0.2) is 0 Å². The Balaban J connectivity index is 1.52. The maximum Gasteiger partial charge on any atom is 0.249 e. The van der Waals surface area contributed by atoms with E-state index in [1.165, 1.54) is 0 Å². The number of likely N-dealkylation sites (N-methyl/N-ethyl adjacent to an activating group) is 1. The molecule has 1 amide bonds. The Hall–Kier alpha value is -3.42. The second kappa shape index (κ2) is 9.44. The topological polar surface area (TPSA) is 81.1 Å². The number of nitrogens with one attached hydrogen (secondary N) is 1. The molecule has 0 aliphatic carbocycles. The van der Waals surface area contributed by atoms with Crippen molar-refractivity contribution in [3.8, 4) is 5.75 Å². The lowest BCUT2D eigenvalue weighted by Crippen LogP contribution is -2.44. The van der Waals surface area contributed by atoms with Gasteiger partial charge in [0.25, 0.3) is 0 Å². The van der Waals surface area contributed by atoms with E-state index >= 15 is 0 Å². The van der Waals surface area contributed by atoms with Crippen LogP contribution in [0.2, 0.25) is 5.02 Å². The van der Waals surface area contributed by atoms with Crippen LogP contribution in [-0.4, -0.2) is 65.9 Å². The van der Waals surface area contributed by atoms with Crippen molar-refractivity contribution in [1.82, 2.24) is 9.88 Å². The summed E-state index contributed by atoms with van der Waals surface area (Å²) in [7, 11) is 2.13. The van der Waals surface area contributed by atoms with Crippen LogP contribution in [-0.2, 0) is 11.2 Å². The molecule has 2 aliphatic heterocycles. The number of halogens is 1. The van der Waals surface area contributed by atoms with Crippen molar-refractivity contribution in [3.05, 3.63) is 82.5 Å². The van der Waals surface area contributed by atoms with Crippen LogP contribution in [0.3, 0.4) is 0 Å². The molecule has 34 heavy (non-hydrogen) atoms.